The number of nitrogens with one attached hydrogen (secondary N) is 1. The molecule has 0 amide bonds. The monoisotopic (exact) mass is 190 g/mol. The van der Waals surface area contributed by atoms with E-state index in [9.17, 15) is 0 Å². The summed E-state index contributed by atoms with van der Waals surface area (Å²) in [6.45, 7) is 0. The van der Waals surface area contributed by atoms with Crippen LogP contribution in [0.5, 0.6) is 5.75 Å². The van der Waals surface area contributed by atoms with Crippen molar-refractivity contribution in [2.24, 2.45) is 5.16 Å². The van der Waals surface area contributed by atoms with Gasteiger partial charge in [0, 0.05) is 17.3 Å². The number of hydrogen-bond donors (Lipinski definition) is 2. The van der Waals surface area contributed by atoms with Crippen LogP contribution in [0.15, 0.2) is 29.6 Å². The minimum absolute atomic E-state index is 0.763. The summed E-state index contributed by atoms with van der Waals surface area (Å²) in [5.74, 6) is 0.763. The number of aromatic amines is 1. The molecule has 1 heterocycles. The van der Waals surface area contributed by atoms with Gasteiger partial charge in [-0.25, -0.2) is 0 Å². The first-order valence-corrected chi connectivity index (χ1v) is 4.18. The van der Waals surface area contributed by atoms with E-state index in [2.05, 4.69) is 10.1 Å². The number of oxime groups is 1. The van der Waals surface area contributed by atoms with Crippen LogP contribution >= 0.6 is 0 Å². The largest absolute Gasteiger partial charge is 0.496 e. The fourth-order valence-corrected chi connectivity index (χ4v) is 1.51. The van der Waals surface area contributed by atoms with Gasteiger partial charge in [0.1, 0.15) is 5.75 Å². The summed E-state index contributed by atoms with van der Waals surface area (Å²) >= 11 is 0. The number of rotatable bonds is 2. The van der Waals surface area contributed by atoms with E-state index in [1.807, 2.05) is 18.2 Å². The lowest BCUT2D eigenvalue weighted by atomic mass is 10.1. The lowest BCUT2D eigenvalue weighted by Gasteiger charge is -2.01. The normalized spacial score (nSPS) is 11.2. The fourth-order valence-electron chi connectivity index (χ4n) is 1.51. The Hall–Kier alpha value is -1.97. The zero-order chi connectivity index (χ0) is 9.97. The summed E-state index contributed by atoms with van der Waals surface area (Å²) < 4.78 is 5.21. The van der Waals surface area contributed by atoms with E-state index in [0.717, 1.165) is 22.2 Å². The van der Waals surface area contributed by atoms with Gasteiger partial charge in [-0.1, -0.05) is 11.2 Å². The number of nitrogens with zero attached hydrogens (tertiary/aromatic N) is 1. The van der Waals surface area contributed by atoms with Gasteiger partial charge in [0.15, 0.2) is 0 Å². The Kier molecular flexibility index (Phi) is 2.10. The van der Waals surface area contributed by atoms with Crippen LogP contribution in [-0.2, 0) is 0 Å². The molecule has 2 N–H and O–H groups in total. The molecule has 4 nitrogen and oxygen atoms in total. The second-order valence-electron chi connectivity index (χ2n) is 2.87. The first kappa shape index (κ1) is 8.62. The molecule has 0 atom stereocenters. The second kappa shape index (κ2) is 3.41. The van der Waals surface area contributed by atoms with Crippen molar-refractivity contribution in [3.05, 3.63) is 30.0 Å². The number of benzene rings is 1. The van der Waals surface area contributed by atoms with Crippen molar-refractivity contribution in [1.29, 1.82) is 0 Å². The van der Waals surface area contributed by atoms with Crippen LogP contribution in [0.3, 0.4) is 0 Å². The average Bonchev–Trinajstić information content (AvgIpc) is 2.62. The Bertz CT molecular complexity index is 474. The molecule has 0 radical (unpaired) electrons. The van der Waals surface area contributed by atoms with Crippen LogP contribution < -0.4 is 4.74 Å². The maximum atomic E-state index is 8.48. The number of hydrogen-bond acceptors (Lipinski definition) is 3. The molecule has 0 bridgehead atoms. The highest BCUT2D eigenvalue weighted by Gasteiger charge is 2.06. The van der Waals surface area contributed by atoms with Gasteiger partial charge < -0.3 is 14.9 Å². The van der Waals surface area contributed by atoms with Gasteiger partial charge in [-0.3, -0.25) is 0 Å². The highest BCUT2D eigenvalue weighted by molar-refractivity contribution is 6.02. The Morgan fingerprint density at radius 3 is 3.07 bits per heavy atom. The van der Waals surface area contributed by atoms with E-state index in [1.54, 1.807) is 13.3 Å². The van der Waals surface area contributed by atoms with E-state index in [0.29, 0.717) is 0 Å². The molecule has 4 heteroatoms. The maximum absolute atomic E-state index is 8.48. The Labute approximate surface area is 80.8 Å². The quantitative estimate of drug-likeness (QED) is 0.432. The molecule has 0 aliphatic carbocycles. The van der Waals surface area contributed by atoms with Gasteiger partial charge in [-0.15, -0.1) is 0 Å². The van der Waals surface area contributed by atoms with Crippen LogP contribution in [0.1, 0.15) is 5.56 Å². The van der Waals surface area contributed by atoms with Crippen LogP contribution in [0, 0.1) is 0 Å². The summed E-state index contributed by atoms with van der Waals surface area (Å²) in [5, 5.41) is 12.4. The van der Waals surface area contributed by atoms with Gasteiger partial charge in [0.25, 0.3) is 0 Å². The molecule has 2 aromatic rings. The lowest BCUT2D eigenvalue weighted by Crippen LogP contribution is -1.85. The molecular weight excluding hydrogens is 180 g/mol. The molecule has 14 heavy (non-hydrogen) atoms. The molecule has 0 unspecified atom stereocenters. The molecule has 0 spiro atoms. The van der Waals surface area contributed by atoms with Gasteiger partial charge in [-0.05, 0) is 12.1 Å². The maximum Gasteiger partial charge on any atom is 0.128 e. The number of fused-ring (bicyclic) bond motifs is 1. The molecule has 72 valence electrons. The molecule has 0 saturated heterocycles. The summed E-state index contributed by atoms with van der Waals surface area (Å²) in [6, 6.07) is 5.70. The molecule has 1 aromatic carbocycles. The van der Waals surface area contributed by atoms with E-state index in [4.69, 9.17) is 9.94 Å². The highest BCUT2D eigenvalue weighted by atomic mass is 16.5. The SMILES string of the molecule is COc1cccc2[nH]cc(/C=N\O)c12. The van der Waals surface area contributed by atoms with Crippen molar-refractivity contribution >= 4 is 17.1 Å². The van der Waals surface area contributed by atoms with Crippen molar-refractivity contribution in [2.45, 2.75) is 0 Å². The van der Waals surface area contributed by atoms with Crippen molar-refractivity contribution < 1.29 is 9.94 Å². The summed E-state index contributed by atoms with van der Waals surface area (Å²) in [5.41, 5.74) is 1.76. The van der Waals surface area contributed by atoms with Crippen molar-refractivity contribution in [1.82, 2.24) is 4.98 Å². The molecule has 2 rings (SSSR count). The standard InChI is InChI=1S/C10H10N2O2/c1-14-9-4-2-3-8-10(9)7(5-11-8)6-12-13/h2-6,11,13H,1H3/b12-6-. The van der Waals surface area contributed by atoms with Gasteiger partial charge in [0.05, 0.1) is 18.7 Å². The van der Waals surface area contributed by atoms with Gasteiger partial charge >= 0.3 is 0 Å². The highest BCUT2D eigenvalue weighted by Crippen LogP contribution is 2.27. The van der Waals surface area contributed by atoms with Gasteiger partial charge in [-0.2, -0.15) is 0 Å². The van der Waals surface area contributed by atoms with E-state index < -0.39 is 0 Å². The van der Waals surface area contributed by atoms with Crippen LogP contribution in [0.2, 0.25) is 0 Å². The first-order valence-electron chi connectivity index (χ1n) is 4.18. The predicted molar refractivity (Wildman–Crippen MR) is 54.2 cm³/mol. The molecule has 0 aliphatic heterocycles. The molecular formula is C10H10N2O2. The third kappa shape index (κ3) is 1.21. The second-order valence-corrected chi connectivity index (χ2v) is 2.87. The summed E-state index contributed by atoms with van der Waals surface area (Å²) in [4.78, 5) is 3.07. The van der Waals surface area contributed by atoms with Crippen LogP contribution in [0.4, 0.5) is 0 Å². The van der Waals surface area contributed by atoms with Crippen LogP contribution in [0.25, 0.3) is 10.9 Å². The van der Waals surface area contributed by atoms with E-state index in [-0.39, 0.29) is 0 Å². The number of methoxy groups -OCH3 is 1. The van der Waals surface area contributed by atoms with E-state index in [1.165, 1.54) is 6.21 Å². The average molecular weight is 190 g/mol. The summed E-state index contributed by atoms with van der Waals surface area (Å²) in [6.07, 6.45) is 3.15. The van der Waals surface area contributed by atoms with Crippen molar-refractivity contribution in [3.63, 3.8) is 0 Å². The number of ether oxygens (including phenoxy) is 1. The minimum atomic E-state index is 0.763. The molecule has 0 saturated carbocycles. The number of H-pyrrole nitrogens is 1. The fraction of sp³-hybridized carbons (Fsp3) is 0.100. The Balaban J connectivity index is 2.74. The topological polar surface area (TPSA) is 57.6 Å². The summed E-state index contributed by atoms with van der Waals surface area (Å²) in [7, 11) is 1.61. The third-order valence-corrected chi connectivity index (χ3v) is 2.11. The van der Waals surface area contributed by atoms with Crippen molar-refractivity contribution in [3.8, 4) is 5.75 Å². The Morgan fingerprint density at radius 1 is 1.50 bits per heavy atom. The van der Waals surface area contributed by atoms with Crippen molar-refractivity contribution in [2.75, 3.05) is 7.11 Å². The molecule has 0 aliphatic rings. The zero-order valence-corrected chi connectivity index (χ0v) is 7.69. The third-order valence-electron chi connectivity index (χ3n) is 2.11. The Morgan fingerprint density at radius 2 is 2.36 bits per heavy atom. The smallest absolute Gasteiger partial charge is 0.128 e. The molecule has 0 fully saturated rings. The van der Waals surface area contributed by atoms with Crippen LogP contribution in [-0.4, -0.2) is 23.5 Å². The predicted octanol–water partition coefficient (Wildman–Crippen LogP) is 1.98. The minimum Gasteiger partial charge on any atom is -0.496 e. The van der Waals surface area contributed by atoms with E-state index >= 15 is 0 Å². The lowest BCUT2D eigenvalue weighted by molar-refractivity contribution is 0.322. The van der Waals surface area contributed by atoms with Gasteiger partial charge in [0.2, 0.25) is 0 Å². The zero-order valence-electron chi connectivity index (χ0n) is 7.69. The first-order chi connectivity index (χ1) is 6.86. The molecule has 1 aromatic heterocycles. The number of aromatic nitrogens is 1.